The van der Waals surface area contributed by atoms with Crippen LogP contribution in [0, 0.1) is 0 Å². The molecule has 1 N–H and O–H groups in total. The van der Waals surface area contributed by atoms with Crippen LogP contribution in [0.2, 0.25) is 0 Å². The number of imide groups is 1. The van der Waals surface area contributed by atoms with E-state index < -0.39 is 0 Å². The first-order valence-electron chi connectivity index (χ1n) is 6.36. The summed E-state index contributed by atoms with van der Waals surface area (Å²) in [5.41, 5.74) is 0.707. The number of aromatic hydroxyl groups is 1. The van der Waals surface area contributed by atoms with Gasteiger partial charge in [0.25, 0.3) is 11.1 Å². The number of benzene rings is 1. The highest BCUT2D eigenvalue weighted by Gasteiger charge is 2.34. The Kier molecular flexibility index (Phi) is 6.08. The van der Waals surface area contributed by atoms with Crippen LogP contribution >= 0.6 is 43.6 Å². The van der Waals surface area contributed by atoms with E-state index >= 15 is 0 Å². The monoisotopic (exact) mass is 449 g/mol. The van der Waals surface area contributed by atoms with Crippen molar-refractivity contribution in [3.05, 3.63) is 31.5 Å². The Morgan fingerprint density at radius 3 is 2.55 bits per heavy atom. The number of hydrogen-bond donors (Lipinski definition) is 1. The topological polar surface area (TPSA) is 66.8 Å². The first-order chi connectivity index (χ1) is 10.4. The summed E-state index contributed by atoms with van der Waals surface area (Å²) < 4.78 is 5.94. The molecule has 2 rings (SSSR count). The minimum Gasteiger partial charge on any atom is -0.506 e. The Morgan fingerprint density at radius 1 is 1.32 bits per heavy atom. The largest absolute Gasteiger partial charge is 0.506 e. The number of carbonyl (C=O) groups is 2. The molecule has 118 valence electrons. The fraction of sp³-hybridized carbons (Fsp3) is 0.286. The average molecular weight is 451 g/mol. The van der Waals surface area contributed by atoms with E-state index in [9.17, 15) is 14.7 Å². The van der Waals surface area contributed by atoms with Gasteiger partial charge in [0.15, 0.2) is 0 Å². The maximum absolute atomic E-state index is 12.3. The zero-order chi connectivity index (χ0) is 16.3. The number of nitrogens with zero attached hydrogens (tertiary/aromatic N) is 1. The Labute approximate surface area is 149 Å². The molecule has 8 heteroatoms. The van der Waals surface area contributed by atoms with Gasteiger partial charge in [-0.05, 0) is 73.8 Å². The van der Waals surface area contributed by atoms with Crippen LogP contribution in [0.3, 0.4) is 0 Å². The first-order valence-corrected chi connectivity index (χ1v) is 8.76. The summed E-state index contributed by atoms with van der Waals surface area (Å²) >= 11 is 7.39. The van der Waals surface area contributed by atoms with Crippen LogP contribution in [0.25, 0.3) is 6.08 Å². The van der Waals surface area contributed by atoms with Crippen LogP contribution in [0.5, 0.6) is 5.75 Å². The standard InChI is InChI=1S/C14H13Br2NO4S/c1-21-4-2-3-17-13(19)11(22-14(17)20)7-8-5-9(15)12(18)10(16)6-8/h5-7,18H,2-4H2,1H3/b11-7+. The van der Waals surface area contributed by atoms with Gasteiger partial charge < -0.3 is 9.84 Å². The van der Waals surface area contributed by atoms with E-state index in [2.05, 4.69) is 31.9 Å². The summed E-state index contributed by atoms with van der Waals surface area (Å²) in [6.45, 7) is 0.845. The molecule has 2 amide bonds. The van der Waals surface area contributed by atoms with Crippen molar-refractivity contribution in [2.75, 3.05) is 20.3 Å². The van der Waals surface area contributed by atoms with Gasteiger partial charge in [0.1, 0.15) is 5.75 Å². The normalized spacial score (nSPS) is 16.9. The maximum atomic E-state index is 12.3. The molecule has 0 radical (unpaired) electrons. The van der Waals surface area contributed by atoms with Crippen molar-refractivity contribution in [1.82, 2.24) is 4.90 Å². The van der Waals surface area contributed by atoms with Gasteiger partial charge in [0.05, 0.1) is 13.9 Å². The molecule has 0 spiro atoms. The molecule has 1 aliphatic heterocycles. The first kappa shape index (κ1) is 17.5. The van der Waals surface area contributed by atoms with Crippen LogP contribution in [-0.2, 0) is 9.53 Å². The minimum absolute atomic E-state index is 0.0878. The fourth-order valence-corrected chi connectivity index (χ4v) is 3.97. The highest BCUT2D eigenvalue weighted by Crippen LogP contribution is 2.36. The molecule has 0 aliphatic carbocycles. The molecule has 0 unspecified atom stereocenters. The van der Waals surface area contributed by atoms with E-state index in [1.165, 1.54) is 4.90 Å². The summed E-state index contributed by atoms with van der Waals surface area (Å²) in [6.07, 6.45) is 2.24. The molecule has 5 nitrogen and oxygen atoms in total. The van der Waals surface area contributed by atoms with E-state index in [0.29, 0.717) is 39.0 Å². The fourth-order valence-electron chi connectivity index (χ4n) is 1.88. The highest BCUT2D eigenvalue weighted by atomic mass is 79.9. The van der Waals surface area contributed by atoms with E-state index in [-0.39, 0.29) is 16.9 Å². The predicted molar refractivity (Wildman–Crippen MR) is 92.7 cm³/mol. The highest BCUT2D eigenvalue weighted by molar-refractivity contribution is 9.11. The van der Waals surface area contributed by atoms with Crippen molar-refractivity contribution in [1.29, 1.82) is 0 Å². The van der Waals surface area contributed by atoms with Gasteiger partial charge in [0.2, 0.25) is 0 Å². The second kappa shape index (κ2) is 7.63. The molecule has 0 bridgehead atoms. The van der Waals surface area contributed by atoms with Gasteiger partial charge in [-0.25, -0.2) is 0 Å². The number of thioether (sulfide) groups is 1. The lowest BCUT2D eigenvalue weighted by molar-refractivity contribution is -0.122. The van der Waals surface area contributed by atoms with Crippen molar-refractivity contribution >= 4 is 60.8 Å². The zero-order valence-electron chi connectivity index (χ0n) is 11.6. The van der Waals surface area contributed by atoms with E-state index in [0.717, 1.165) is 11.8 Å². The maximum Gasteiger partial charge on any atom is 0.293 e. The lowest BCUT2D eigenvalue weighted by atomic mass is 10.2. The number of amides is 2. The Bertz CT molecular complexity index is 625. The molecule has 22 heavy (non-hydrogen) atoms. The van der Waals surface area contributed by atoms with Crippen molar-refractivity contribution in [3.63, 3.8) is 0 Å². The van der Waals surface area contributed by atoms with E-state index in [1.54, 1.807) is 25.3 Å². The molecule has 0 aromatic heterocycles. The molecule has 1 saturated heterocycles. The van der Waals surface area contributed by atoms with Crippen LogP contribution in [0.1, 0.15) is 12.0 Å². The third kappa shape index (κ3) is 3.92. The van der Waals surface area contributed by atoms with Gasteiger partial charge >= 0.3 is 0 Å². The summed E-state index contributed by atoms with van der Waals surface area (Å²) in [4.78, 5) is 25.7. The summed E-state index contributed by atoms with van der Waals surface area (Å²) in [6, 6.07) is 3.36. The van der Waals surface area contributed by atoms with Crippen molar-refractivity contribution in [2.24, 2.45) is 0 Å². The molecule has 0 atom stereocenters. The van der Waals surface area contributed by atoms with Crippen LogP contribution in [-0.4, -0.2) is 41.4 Å². The van der Waals surface area contributed by atoms with Crippen LogP contribution < -0.4 is 0 Å². The smallest absolute Gasteiger partial charge is 0.293 e. The number of phenolic OH excluding ortho intramolecular Hbond substituents is 1. The number of carbonyl (C=O) groups excluding carboxylic acids is 2. The van der Waals surface area contributed by atoms with Gasteiger partial charge in [0, 0.05) is 20.3 Å². The predicted octanol–water partition coefficient (Wildman–Crippen LogP) is 3.99. The van der Waals surface area contributed by atoms with Gasteiger partial charge in [-0.2, -0.15) is 0 Å². The lowest BCUT2D eigenvalue weighted by Crippen LogP contribution is -2.29. The Morgan fingerprint density at radius 2 is 1.95 bits per heavy atom. The van der Waals surface area contributed by atoms with Gasteiger partial charge in [-0.15, -0.1) is 0 Å². The molecule has 1 aromatic carbocycles. The van der Waals surface area contributed by atoms with Gasteiger partial charge in [-0.1, -0.05) is 0 Å². The number of halogens is 2. The molecule has 1 aliphatic rings. The number of hydrogen-bond acceptors (Lipinski definition) is 5. The lowest BCUT2D eigenvalue weighted by Gasteiger charge is -2.11. The summed E-state index contributed by atoms with van der Waals surface area (Å²) in [5, 5.41) is 9.41. The third-order valence-electron chi connectivity index (χ3n) is 2.94. The molecule has 1 aromatic rings. The number of ether oxygens (including phenoxy) is 1. The number of methoxy groups -OCH3 is 1. The molecular weight excluding hydrogens is 438 g/mol. The van der Waals surface area contributed by atoms with E-state index in [1.807, 2.05) is 0 Å². The van der Waals surface area contributed by atoms with Crippen LogP contribution in [0.4, 0.5) is 4.79 Å². The van der Waals surface area contributed by atoms with Crippen molar-refractivity contribution < 1.29 is 19.4 Å². The zero-order valence-corrected chi connectivity index (χ0v) is 15.6. The molecular formula is C14H13Br2NO4S. The molecule has 1 fully saturated rings. The Balaban J connectivity index is 2.19. The second-order valence-corrected chi connectivity index (χ2v) is 7.21. The molecule has 0 saturated carbocycles. The third-order valence-corrected chi connectivity index (χ3v) is 5.06. The molecule has 1 heterocycles. The average Bonchev–Trinajstić information content (AvgIpc) is 2.72. The van der Waals surface area contributed by atoms with Crippen molar-refractivity contribution in [3.8, 4) is 5.75 Å². The number of phenols is 1. The minimum atomic E-state index is -0.300. The summed E-state index contributed by atoms with van der Waals surface area (Å²) in [5.74, 6) is -0.212. The Hall–Kier alpha value is -0.830. The van der Waals surface area contributed by atoms with E-state index in [4.69, 9.17) is 4.74 Å². The number of rotatable bonds is 5. The SMILES string of the molecule is COCCCN1C(=O)S/C(=C/c2cc(Br)c(O)c(Br)c2)C1=O. The quantitative estimate of drug-likeness (QED) is 0.542. The summed E-state index contributed by atoms with van der Waals surface area (Å²) in [7, 11) is 1.58. The second-order valence-electron chi connectivity index (χ2n) is 4.51. The van der Waals surface area contributed by atoms with Crippen LogP contribution in [0.15, 0.2) is 26.0 Å². The van der Waals surface area contributed by atoms with Crippen molar-refractivity contribution in [2.45, 2.75) is 6.42 Å². The van der Waals surface area contributed by atoms with Gasteiger partial charge in [-0.3, -0.25) is 14.5 Å².